The first kappa shape index (κ1) is 26.1. The van der Waals surface area contributed by atoms with Crippen LogP contribution in [0.15, 0.2) is 43.0 Å². The van der Waals surface area contributed by atoms with E-state index in [0.717, 1.165) is 5.56 Å². The van der Waals surface area contributed by atoms with Crippen molar-refractivity contribution in [3.63, 3.8) is 0 Å². The number of hydrogen-bond acceptors (Lipinski definition) is 7. The van der Waals surface area contributed by atoms with E-state index in [0.29, 0.717) is 0 Å². The maximum absolute atomic E-state index is 12.7. The predicted octanol–water partition coefficient (Wildman–Crippen LogP) is 1.96. The van der Waals surface area contributed by atoms with Crippen molar-refractivity contribution in [2.45, 2.75) is 45.1 Å². The Labute approximate surface area is 183 Å². The maximum Gasteiger partial charge on any atom is 0.408 e. The molecular formula is C22H32N2O7. The van der Waals surface area contributed by atoms with E-state index >= 15 is 0 Å². The van der Waals surface area contributed by atoms with Crippen LogP contribution in [0.1, 0.15) is 26.3 Å². The van der Waals surface area contributed by atoms with Gasteiger partial charge in [-0.15, -0.1) is 6.58 Å². The number of ether oxygens (including phenoxy) is 4. The molecule has 9 nitrogen and oxygen atoms in total. The van der Waals surface area contributed by atoms with E-state index < -0.39 is 35.7 Å². The second-order valence-corrected chi connectivity index (χ2v) is 7.63. The number of methoxy groups -OCH3 is 1. The van der Waals surface area contributed by atoms with E-state index in [1.165, 1.54) is 13.2 Å². The van der Waals surface area contributed by atoms with Gasteiger partial charge in [0.05, 0.1) is 19.8 Å². The van der Waals surface area contributed by atoms with Crippen molar-refractivity contribution < 1.29 is 33.3 Å². The first-order valence-corrected chi connectivity index (χ1v) is 9.84. The Balaban J connectivity index is 2.78. The maximum atomic E-state index is 12.7. The summed E-state index contributed by atoms with van der Waals surface area (Å²) < 4.78 is 20.8. The topological polar surface area (TPSA) is 112 Å². The van der Waals surface area contributed by atoms with Gasteiger partial charge in [0.25, 0.3) is 0 Å². The Bertz CT molecular complexity index is 716. The zero-order valence-corrected chi connectivity index (χ0v) is 18.5. The molecule has 0 aliphatic heterocycles. The molecule has 0 bridgehead atoms. The largest absolute Gasteiger partial charge is 0.459 e. The number of esters is 1. The lowest BCUT2D eigenvalue weighted by atomic mass is 10.2. The monoisotopic (exact) mass is 436 g/mol. The third kappa shape index (κ3) is 11.2. The Morgan fingerprint density at radius 1 is 1.06 bits per heavy atom. The molecule has 172 valence electrons. The van der Waals surface area contributed by atoms with Crippen LogP contribution in [0.4, 0.5) is 4.79 Å². The van der Waals surface area contributed by atoms with Gasteiger partial charge in [-0.05, 0) is 26.3 Å². The van der Waals surface area contributed by atoms with Crippen LogP contribution in [0.2, 0.25) is 0 Å². The minimum atomic E-state index is -1.09. The minimum absolute atomic E-state index is 0.0468. The van der Waals surface area contributed by atoms with E-state index in [-0.39, 0.29) is 26.4 Å². The number of carbonyl (C=O) groups is 3. The van der Waals surface area contributed by atoms with E-state index in [1.807, 2.05) is 30.3 Å². The molecule has 0 unspecified atom stereocenters. The quantitative estimate of drug-likeness (QED) is 0.293. The molecule has 0 aliphatic rings. The SMILES string of the molecule is C=CCOC[C@H](NC(=O)[C@H](COC)NC(=O)OC(C)(C)C)C(=O)OCc1ccccc1. The van der Waals surface area contributed by atoms with Crippen molar-refractivity contribution in [3.8, 4) is 0 Å². The third-order valence-electron chi connectivity index (χ3n) is 3.69. The van der Waals surface area contributed by atoms with Gasteiger partial charge in [0.1, 0.15) is 18.2 Å². The van der Waals surface area contributed by atoms with E-state index in [1.54, 1.807) is 20.8 Å². The van der Waals surface area contributed by atoms with Gasteiger partial charge < -0.3 is 29.6 Å². The molecule has 1 aromatic rings. The first-order chi connectivity index (χ1) is 14.7. The molecule has 31 heavy (non-hydrogen) atoms. The summed E-state index contributed by atoms with van der Waals surface area (Å²) in [6.45, 7) is 8.64. The number of hydrogen-bond donors (Lipinski definition) is 2. The molecule has 0 saturated heterocycles. The predicted molar refractivity (Wildman–Crippen MR) is 114 cm³/mol. The Kier molecular flexibility index (Phi) is 11.3. The molecular weight excluding hydrogens is 404 g/mol. The Morgan fingerprint density at radius 2 is 1.74 bits per heavy atom. The van der Waals surface area contributed by atoms with Crippen molar-refractivity contribution in [1.29, 1.82) is 0 Å². The van der Waals surface area contributed by atoms with Gasteiger partial charge in [0.2, 0.25) is 5.91 Å². The van der Waals surface area contributed by atoms with Gasteiger partial charge in [0, 0.05) is 7.11 Å². The highest BCUT2D eigenvalue weighted by atomic mass is 16.6. The summed E-state index contributed by atoms with van der Waals surface area (Å²) in [4.78, 5) is 37.3. The van der Waals surface area contributed by atoms with Crippen molar-refractivity contribution in [3.05, 3.63) is 48.6 Å². The van der Waals surface area contributed by atoms with Crippen molar-refractivity contribution in [1.82, 2.24) is 10.6 Å². The van der Waals surface area contributed by atoms with E-state index in [9.17, 15) is 14.4 Å². The highest BCUT2D eigenvalue weighted by Gasteiger charge is 2.29. The van der Waals surface area contributed by atoms with Crippen LogP contribution in [0.25, 0.3) is 0 Å². The number of alkyl carbamates (subject to hydrolysis) is 1. The van der Waals surface area contributed by atoms with E-state index in [2.05, 4.69) is 17.2 Å². The molecule has 2 N–H and O–H groups in total. The molecule has 0 aliphatic carbocycles. The van der Waals surface area contributed by atoms with Crippen molar-refractivity contribution in [2.75, 3.05) is 26.9 Å². The fourth-order valence-electron chi connectivity index (χ4n) is 2.34. The van der Waals surface area contributed by atoms with Crippen LogP contribution < -0.4 is 10.6 Å². The number of carbonyl (C=O) groups excluding carboxylic acids is 3. The van der Waals surface area contributed by atoms with Crippen molar-refractivity contribution in [2.24, 2.45) is 0 Å². The number of amides is 2. The highest BCUT2D eigenvalue weighted by molar-refractivity contribution is 5.89. The molecule has 2 amide bonds. The molecule has 0 radical (unpaired) electrons. The summed E-state index contributed by atoms with van der Waals surface area (Å²) in [6, 6.07) is 6.97. The van der Waals surface area contributed by atoms with Gasteiger partial charge in [-0.2, -0.15) is 0 Å². The molecule has 0 aromatic heterocycles. The molecule has 0 saturated carbocycles. The summed E-state index contributed by atoms with van der Waals surface area (Å²) in [7, 11) is 1.38. The summed E-state index contributed by atoms with van der Waals surface area (Å²) in [5.41, 5.74) is 0.0670. The van der Waals surface area contributed by atoms with Gasteiger partial charge >= 0.3 is 12.1 Å². The normalized spacial score (nSPS) is 12.9. The van der Waals surface area contributed by atoms with Gasteiger partial charge in [-0.1, -0.05) is 36.4 Å². The summed E-state index contributed by atoms with van der Waals surface area (Å²) in [5, 5.41) is 4.98. The molecule has 9 heteroatoms. The highest BCUT2D eigenvalue weighted by Crippen LogP contribution is 2.07. The number of benzene rings is 1. The molecule has 1 aromatic carbocycles. The fourth-order valence-corrected chi connectivity index (χ4v) is 2.34. The van der Waals surface area contributed by atoms with E-state index in [4.69, 9.17) is 18.9 Å². The van der Waals surface area contributed by atoms with Crippen LogP contribution in [-0.2, 0) is 35.1 Å². The Hall–Kier alpha value is -2.91. The van der Waals surface area contributed by atoms with Crippen LogP contribution in [-0.4, -0.2) is 62.6 Å². The summed E-state index contributed by atoms with van der Waals surface area (Å²) >= 11 is 0. The molecule has 0 heterocycles. The van der Waals surface area contributed by atoms with Gasteiger partial charge in [-0.3, -0.25) is 4.79 Å². The molecule has 2 atom stereocenters. The average molecular weight is 437 g/mol. The average Bonchev–Trinajstić information content (AvgIpc) is 2.70. The molecule has 1 rings (SSSR count). The van der Waals surface area contributed by atoms with Crippen LogP contribution in [0.5, 0.6) is 0 Å². The third-order valence-corrected chi connectivity index (χ3v) is 3.69. The van der Waals surface area contributed by atoms with Crippen LogP contribution in [0, 0.1) is 0 Å². The van der Waals surface area contributed by atoms with Crippen molar-refractivity contribution >= 4 is 18.0 Å². The Morgan fingerprint density at radius 3 is 2.32 bits per heavy atom. The molecule has 0 fully saturated rings. The first-order valence-electron chi connectivity index (χ1n) is 9.84. The van der Waals surface area contributed by atoms with Crippen LogP contribution >= 0.6 is 0 Å². The van der Waals surface area contributed by atoms with Crippen LogP contribution in [0.3, 0.4) is 0 Å². The second-order valence-electron chi connectivity index (χ2n) is 7.63. The fraction of sp³-hybridized carbons (Fsp3) is 0.500. The lowest BCUT2D eigenvalue weighted by Crippen LogP contribution is -2.55. The standard InChI is InChI=1S/C22H32N2O7/c1-6-12-29-15-18(20(26)30-13-16-10-8-7-9-11-16)23-19(25)17(14-28-5)24-21(27)31-22(2,3)4/h6-11,17-18H,1,12-15H2,2-5H3,(H,23,25)(H,24,27)/t17-,18-/m0/s1. The van der Waals surface area contributed by atoms with Gasteiger partial charge in [0.15, 0.2) is 6.04 Å². The lowest BCUT2D eigenvalue weighted by Gasteiger charge is -2.24. The zero-order valence-electron chi connectivity index (χ0n) is 18.5. The summed E-state index contributed by atoms with van der Waals surface area (Å²) in [6.07, 6.45) is 0.738. The minimum Gasteiger partial charge on any atom is -0.459 e. The summed E-state index contributed by atoms with van der Waals surface area (Å²) in [5.74, 6) is -1.31. The molecule has 0 spiro atoms. The number of rotatable bonds is 12. The smallest absolute Gasteiger partial charge is 0.408 e. The lowest BCUT2D eigenvalue weighted by molar-refractivity contribution is -0.151. The zero-order chi connectivity index (χ0) is 23.3. The second kappa shape index (κ2) is 13.4. The number of nitrogens with one attached hydrogen (secondary N) is 2. The van der Waals surface area contributed by atoms with Gasteiger partial charge in [-0.25, -0.2) is 9.59 Å².